The molecule has 0 heterocycles. The summed E-state index contributed by atoms with van der Waals surface area (Å²) < 4.78 is 15.6. The third-order valence-electron chi connectivity index (χ3n) is 7.68. The lowest BCUT2D eigenvalue weighted by Crippen LogP contribution is -2.61. The highest BCUT2D eigenvalue weighted by molar-refractivity contribution is 5.83. The van der Waals surface area contributed by atoms with Crippen LogP contribution in [0.15, 0.2) is 24.3 Å². The number of esters is 2. The molecule has 0 spiro atoms. The van der Waals surface area contributed by atoms with Crippen molar-refractivity contribution < 1.29 is 59.2 Å². The number of carboxylic acids is 1. The number of allylic oxidation sites excluding steroid dienone is 2. The Bertz CT molecular complexity index is 903. The van der Waals surface area contributed by atoms with Crippen LogP contribution in [0.5, 0.6) is 0 Å². The molecule has 0 aromatic heterocycles. The predicted octanol–water partition coefficient (Wildman–Crippen LogP) is -1.74. The van der Waals surface area contributed by atoms with Gasteiger partial charge in [0.25, 0.3) is 0 Å². The molecular formula is C26H37O12-. The van der Waals surface area contributed by atoms with Crippen molar-refractivity contribution in [2.24, 2.45) is 11.8 Å². The van der Waals surface area contributed by atoms with Gasteiger partial charge >= 0.3 is 11.9 Å². The molecule has 0 saturated heterocycles. The Labute approximate surface area is 220 Å². The molecule has 3 fully saturated rings. The first-order valence-corrected chi connectivity index (χ1v) is 12.9. The van der Waals surface area contributed by atoms with Gasteiger partial charge in [-0.05, 0) is 50.4 Å². The van der Waals surface area contributed by atoms with E-state index >= 15 is 0 Å². The molecule has 3 aliphatic carbocycles. The average Bonchev–Trinajstić information content (AvgIpc) is 2.86. The quantitative estimate of drug-likeness (QED) is 0.172. The first-order chi connectivity index (χ1) is 17.9. The van der Waals surface area contributed by atoms with E-state index in [0.717, 1.165) is 12.2 Å². The lowest BCUT2D eigenvalue weighted by Gasteiger charge is -2.43. The van der Waals surface area contributed by atoms with Crippen LogP contribution in [-0.4, -0.2) is 98.9 Å². The summed E-state index contributed by atoms with van der Waals surface area (Å²) in [5, 5.41) is 62.3. The number of hydrogen-bond acceptors (Lipinski definition) is 12. The van der Waals surface area contributed by atoms with Crippen LogP contribution in [0.25, 0.3) is 0 Å². The first-order valence-electron chi connectivity index (χ1n) is 12.9. The van der Waals surface area contributed by atoms with Crippen molar-refractivity contribution in [3.63, 3.8) is 0 Å². The minimum Gasteiger partial charge on any atom is -0.547 e. The van der Waals surface area contributed by atoms with Crippen LogP contribution in [0.2, 0.25) is 0 Å². The normalized spacial score (nSPS) is 40.2. The van der Waals surface area contributed by atoms with Crippen LogP contribution in [0.1, 0.15) is 51.4 Å². The number of aliphatic hydroxyl groups is 5. The highest BCUT2D eigenvalue weighted by Gasteiger charge is 2.49. The second-order valence-electron chi connectivity index (χ2n) is 10.5. The zero-order chi connectivity index (χ0) is 28.0. The lowest BCUT2D eigenvalue weighted by molar-refractivity contribution is -0.331. The summed E-state index contributed by atoms with van der Waals surface area (Å²) >= 11 is 0. The molecule has 214 valence electrons. The predicted molar refractivity (Wildman–Crippen MR) is 127 cm³/mol. The molecule has 3 saturated carbocycles. The molecule has 6 unspecified atom stereocenters. The number of carboxylic acid groups (broad SMARTS) is 1. The number of hydrogen-bond donors (Lipinski definition) is 5. The summed E-state index contributed by atoms with van der Waals surface area (Å²) in [6, 6.07) is 0. The number of aliphatic carboxylic acids is 1. The highest BCUT2D eigenvalue weighted by atomic mass is 16.6. The average molecular weight is 542 g/mol. The highest BCUT2D eigenvalue weighted by Crippen LogP contribution is 2.33. The number of carbonyl (C=O) groups excluding carboxylic acids is 3. The van der Waals surface area contributed by atoms with Crippen molar-refractivity contribution in [1.82, 2.24) is 0 Å². The zero-order valence-corrected chi connectivity index (χ0v) is 21.3. The number of rotatable bonds is 8. The van der Waals surface area contributed by atoms with E-state index in [-0.39, 0.29) is 24.4 Å². The zero-order valence-electron chi connectivity index (χ0n) is 21.3. The molecule has 0 aromatic carbocycles. The SMILES string of the molecule is COC1CCC(/C=C/C(=O)O[C@@H]2C[C@@](O)(C(=O)[O-])C[C@@H](OC(=O)/C=C/C3CCC(O)C(O)C3)[C@@H]2O)CC1O. The van der Waals surface area contributed by atoms with Crippen LogP contribution in [0.4, 0.5) is 0 Å². The van der Waals surface area contributed by atoms with Crippen molar-refractivity contribution in [3.05, 3.63) is 24.3 Å². The van der Waals surface area contributed by atoms with Gasteiger partial charge in [0, 0.05) is 32.1 Å². The molecule has 0 aromatic rings. The Morgan fingerprint density at radius 2 is 1.26 bits per heavy atom. The van der Waals surface area contributed by atoms with Crippen molar-refractivity contribution in [1.29, 1.82) is 0 Å². The number of methoxy groups -OCH3 is 1. The fraction of sp³-hybridized carbons (Fsp3) is 0.731. The fourth-order valence-electron chi connectivity index (χ4n) is 5.36. The third-order valence-corrected chi connectivity index (χ3v) is 7.68. The molecule has 12 nitrogen and oxygen atoms in total. The summed E-state index contributed by atoms with van der Waals surface area (Å²) in [7, 11) is 1.51. The van der Waals surface area contributed by atoms with Gasteiger partial charge in [-0.2, -0.15) is 0 Å². The van der Waals surface area contributed by atoms with Gasteiger partial charge < -0.3 is 49.6 Å². The van der Waals surface area contributed by atoms with E-state index in [2.05, 4.69) is 0 Å². The Kier molecular flexibility index (Phi) is 10.4. The van der Waals surface area contributed by atoms with E-state index < -0.39 is 73.0 Å². The maximum Gasteiger partial charge on any atom is 0.330 e. The smallest absolute Gasteiger partial charge is 0.330 e. The van der Waals surface area contributed by atoms with Crippen LogP contribution in [0.3, 0.4) is 0 Å². The van der Waals surface area contributed by atoms with Gasteiger partial charge in [0.1, 0.15) is 23.9 Å². The maximum atomic E-state index is 12.4. The van der Waals surface area contributed by atoms with Gasteiger partial charge in [-0.15, -0.1) is 0 Å². The first kappa shape index (κ1) is 30.2. The molecule has 10 atom stereocenters. The molecule has 0 radical (unpaired) electrons. The monoisotopic (exact) mass is 541 g/mol. The van der Waals surface area contributed by atoms with Crippen molar-refractivity contribution in [2.45, 2.75) is 99.7 Å². The summed E-state index contributed by atoms with van der Waals surface area (Å²) in [5.41, 5.74) is -2.52. The minimum absolute atomic E-state index is 0.116. The molecule has 0 bridgehead atoms. The van der Waals surface area contributed by atoms with Gasteiger partial charge in [-0.25, -0.2) is 9.59 Å². The lowest BCUT2D eigenvalue weighted by atomic mass is 9.79. The van der Waals surface area contributed by atoms with Gasteiger partial charge in [0.05, 0.1) is 30.4 Å². The topological polar surface area (TPSA) is 203 Å². The number of carbonyl (C=O) groups is 3. The van der Waals surface area contributed by atoms with E-state index in [0.29, 0.717) is 32.1 Å². The summed E-state index contributed by atoms with van der Waals surface area (Å²) in [6.45, 7) is 0. The van der Waals surface area contributed by atoms with E-state index in [1.165, 1.54) is 13.2 Å². The Balaban J connectivity index is 1.60. The van der Waals surface area contributed by atoms with Crippen LogP contribution in [0, 0.1) is 11.8 Å². The van der Waals surface area contributed by atoms with E-state index in [1.54, 1.807) is 6.08 Å². The van der Waals surface area contributed by atoms with Crippen LogP contribution < -0.4 is 5.11 Å². The largest absolute Gasteiger partial charge is 0.547 e. The minimum atomic E-state index is -2.52. The van der Waals surface area contributed by atoms with Crippen molar-refractivity contribution in [3.8, 4) is 0 Å². The molecule has 38 heavy (non-hydrogen) atoms. The van der Waals surface area contributed by atoms with Gasteiger partial charge in [-0.3, -0.25) is 0 Å². The Hall–Kier alpha value is -2.35. The Morgan fingerprint density at radius 1 is 0.763 bits per heavy atom. The van der Waals surface area contributed by atoms with Gasteiger partial charge in [-0.1, -0.05) is 12.2 Å². The summed E-state index contributed by atoms with van der Waals surface area (Å²) in [6.07, 6.45) is -0.618. The molecule has 0 amide bonds. The molecular weight excluding hydrogens is 504 g/mol. The maximum absolute atomic E-state index is 12.4. The summed E-state index contributed by atoms with van der Waals surface area (Å²) in [5.74, 6) is -4.00. The van der Waals surface area contributed by atoms with E-state index in [9.17, 15) is 45.0 Å². The van der Waals surface area contributed by atoms with Crippen molar-refractivity contribution in [2.75, 3.05) is 7.11 Å². The molecule has 3 aliphatic rings. The van der Waals surface area contributed by atoms with Gasteiger partial charge in [0.15, 0.2) is 0 Å². The Morgan fingerprint density at radius 3 is 1.71 bits per heavy atom. The second-order valence-corrected chi connectivity index (χ2v) is 10.5. The number of ether oxygens (including phenoxy) is 3. The molecule has 5 N–H and O–H groups in total. The van der Waals surface area contributed by atoms with E-state index in [1.807, 2.05) is 0 Å². The summed E-state index contributed by atoms with van der Waals surface area (Å²) in [4.78, 5) is 36.4. The van der Waals surface area contributed by atoms with Crippen LogP contribution >= 0.6 is 0 Å². The second kappa shape index (κ2) is 13.1. The van der Waals surface area contributed by atoms with Crippen LogP contribution in [-0.2, 0) is 28.6 Å². The third kappa shape index (κ3) is 7.84. The van der Waals surface area contributed by atoms with Gasteiger partial charge in [0.2, 0.25) is 0 Å². The standard InChI is InChI=1S/C26H38O12/c1-36-19-7-3-15(11-18(19)29)5-9-23(31)38-21-13-26(35,25(33)34)12-20(24(21)32)37-22(30)8-4-14-2-6-16(27)17(28)10-14/h4-5,8-9,14-21,24,27-29,32,35H,2-3,6-7,10-13H2,1H3,(H,33,34)/p-1/b8-4+,9-5+/t14?,15?,16?,17?,18?,19?,20-,21-,24+,26-/m1/s1. The molecule has 12 heteroatoms. The van der Waals surface area contributed by atoms with E-state index in [4.69, 9.17) is 14.2 Å². The molecule has 0 aliphatic heterocycles. The molecule has 3 rings (SSSR count). The van der Waals surface area contributed by atoms with Crippen molar-refractivity contribution >= 4 is 17.9 Å². The number of aliphatic hydroxyl groups excluding tert-OH is 4. The fourth-order valence-corrected chi connectivity index (χ4v) is 5.36.